The summed E-state index contributed by atoms with van der Waals surface area (Å²) in [6.07, 6.45) is 8.61. The fraction of sp³-hybridized carbons (Fsp3) is 0.562. The summed E-state index contributed by atoms with van der Waals surface area (Å²) in [5.41, 5.74) is 1.11. The molecule has 20 heavy (non-hydrogen) atoms. The van der Waals surface area contributed by atoms with Gasteiger partial charge in [0.15, 0.2) is 0 Å². The Labute approximate surface area is 130 Å². The van der Waals surface area contributed by atoms with Gasteiger partial charge in [0.1, 0.15) is 0 Å². The van der Waals surface area contributed by atoms with Gasteiger partial charge >= 0.3 is 0 Å². The van der Waals surface area contributed by atoms with Crippen molar-refractivity contribution in [3.8, 4) is 5.88 Å². The molecule has 0 saturated carbocycles. The van der Waals surface area contributed by atoms with Gasteiger partial charge in [0.25, 0.3) is 0 Å². The fourth-order valence-electron chi connectivity index (χ4n) is 2.41. The Morgan fingerprint density at radius 1 is 1.40 bits per heavy atom. The van der Waals surface area contributed by atoms with E-state index >= 15 is 0 Å². The van der Waals surface area contributed by atoms with Gasteiger partial charge in [-0.1, -0.05) is 26.0 Å². The molecule has 1 heterocycles. The van der Waals surface area contributed by atoms with Gasteiger partial charge in [0, 0.05) is 22.8 Å². The van der Waals surface area contributed by atoms with Gasteiger partial charge in [-0.15, -0.1) is 0 Å². The molecule has 1 aromatic rings. The van der Waals surface area contributed by atoms with E-state index in [4.69, 9.17) is 4.74 Å². The van der Waals surface area contributed by atoms with Crippen molar-refractivity contribution in [2.45, 2.75) is 33.2 Å². The lowest BCUT2D eigenvalue weighted by Crippen LogP contribution is -2.22. The molecule has 0 fully saturated rings. The molecule has 4 heteroatoms. The molecule has 1 aliphatic carbocycles. The summed E-state index contributed by atoms with van der Waals surface area (Å²) in [5.74, 6) is 2.04. The third-order valence-electron chi connectivity index (χ3n) is 3.81. The Morgan fingerprint density at radius 2 is 2.20 bits per heavy atom. The molecule has 110 valence electrons. The first-order valence-corrected chi connectivity index (χ1v) is 8.13. The molecule has 0 amide bonds. The third kappa shape index (κ3) is 4.32. The maximum absolute atomic E-state index is 5.99. The van der Waals surface area contributed by atoms with Crippen molar-refractivity contribution < 1.29 is 4.74 Å². The van der Waals surface area contributed by atoms with Crippen LogP contribution in [-0.2, 0) is 6.54 Å². The van der Waals surface area contributed by atoms with E-state index in [9.17, 15) is 0 Å². The van der Waals surface area contributed by atoms with Crippen molar-refractivity contribution in [2.24, 2.45) is 11.8 Å². The zero-order valence-corrected chi connectivity index (χ0v) is 13.8. The maximum Gasteiger partial charge on any atom is 0.217 e. The Morgan fingerprint density at radius 3 is 2.95 bits per heavy atom. The molecule has 2 rings (SSSR count). The molecule has 3 nitrogen and oxygen atoms in total. The number of allylic oxidation sites excluding steroid dienone is 2. The predicted molar refractivity (Wildman–Crippen MR) is 85.8 cm³/mol. The first-order chi connectivity index (χ1) is 9.70. The number of pyridine rings is 1. The van der Waals surface area contributed by atoms with Crippen LogP contribution in [0.5, 0.6) is 5.88 Å². The SMILES string of the molecule is CCNCc1cc(Br)cnc1OCC1CC=CCC1C. The molecule has 0 aliphatic heterocycles. The average Bonchev–Trinajstić information content (AvgIpc) is 2.45. The second-order valence-electron chi connectivity index (χ2n) is 5.39. The van der Waals surface area contributed by atoms with Crippen molar-refractivity contribution >= 4 is 15.9 Å². The quantitative estimate of drug-likeness (QED) is 0.798. The maximum atomic E-state index is 5.99. The summed E-state index contributed by atoms with van der Waals surface area (Å²) < 4.78 is 6.99. The Hall–Kier alpha value is -0.870. The largest absolute Gasteiger partial charge is 0.477 e. The van der Waals surface area contributed by atoms with E-state index in [1.165, 1.54) is 0 Å². The van der Waals surface area contributed by atoms with Crippen LogP contribution in [0.25, 0.3) is 0 Å². The Bertz CT molecular complexity index is 462. The molecule has 2 atom stereocenters. The van der Waals surface area contributed by atoms with Gasteiger partial charge in [-0.3, -0.25) is 0 Å². The fourth-order valence-corrected chi connectivity index (χ4v) is 2.79. The average molecular weight is 339 g/mol. The number of ether oxygens (including phenoxy) is 1. The zero-order chi connectivity index (χ0) is 14.4. The van der Waals surface area contributed by atoms with E-state index in [2.05, 4.69) is 58.3 Å². The lowest BCUT2D eigenvalue weighted by Gasteiger charge is -2.25. The molecule has 0 spiro atoms. The van der Waals surface area contributed by atoms with Crippen LogP contribution in [0, 0.1) is 11.8 Å². The van der Waals surface area contributed by atoms with Crippen molar-refractivity contribution in [3.05, 3.63) is 34.5 Å². The highest BCUT2D eigenvalue weighted by Crippen LogP contribution is 2.27. The van der Waals surface area contributed by atoms with E-state index in [1.54, 1.807) is 6.20 Å². The Kier molecular flexibility index (Phi) is 6.05. The second-order valence-corrected chi connectivity index (χ2v) is 6.30. The summed E-state index contributed by atoms with van der Waals surface area (Å²) in [6.45, 7) is 6.88. The minimum absolute atomic E-state index is 0.595. The summed E-state index contributed by atoms with van der Waals surface area (Å²) in [7, 11) is 0. The molecule has 1 aromatic heterocycles. The van der Waals surface area contributed by atoms with Crippen molar-refractivity contribution in [2.75, 3.05) is 13.2 Å². The van der Waals surface area contributed by atoms with Crippen LogP contribution >= 0.6 is 15.9 Å². The number of nitrogens with zero attached hydrogens (tertiary/aromatic N) is 1. The van der Waals surface area contributed by atoms with Crippen LogP contribution in [0.1, 0.15) is 32.3 Å². The molecule has 0 saturated heterocycles. The van der Waals surface area contributed by atoms with E-state index in [1.807, 2.05) is 0 Å². The number of nitrogens with one attached hydrogen (secondary N) is 1. The van der Waals surface area contributed by atoms with E-state index < -0.39 is 0 Å². The van der Waals surface area contributed by atoms with Gasteiger partial charge in [0.2, 0.25) is 5.88 Å². The first kappa shape index (κ1) is 15.5. The number of rotatable bonds is 6. The Balaban J connectivity index is 1.99. The number of halogens is 1. The predicted octanol–water partition coefficient (Wildman–Crippen LogP) is 3.93. The highest BCUT2D eigenvalue weighted by atomic mass is 79.9. The van der Waals surface area contributed by atoms with Crippen LogP contribution in [0.15, 0.2) is 28.9 Å². The molecule has 2 unspecified atom stereocenters. The van der Waals surface area contributed by atoms with Gasteiger partial charge in [-0.25, -0.2) is 4.98 Å². The number of hydrogen-bond donors (Lipinski definition) is 1. The second kappa shape index (κ2) is 7.79. The van der Waals surface area contributed by atoms with Crippen LogP contribution in [0.2, 0.25) is 0 Å². The summed E-state index contributed by atoms with van der Waals surface area (Å²) in [4.78, 5) is 4.41. The first-order valence-electron chi connectivity index (χ1n) is 7.33. The van der Waals surface area contributed by atoms with Gasteiger partial charge in [-0.2, -0.15) is 0 Å². The van der Waals surface area contributed by atoms with E-state index in [0.717, 1.165) is 48.5 Å². The van der Waals surface area contributed by atoms with Crippen molar-refractivity contribution in [3.63, 3.8) is 0 Å². The molecule has 0 aromatic carbocycles. The van der Waals surface area contributed by atoms with Crippen LogP contribution in [0.4, 0.5) is 0 Å². The summed E-state index contributed by atoms with van der Waals surface area (Å²) in [5, 5.41) is 3.33. The monoisotopic (exact) mass is 338 g/mol. The molecular formula is C16H23BrN2O. The molecule has 1 aliphatic rings. The third-order valence-corrected chi connectivity index (χ3v) is 4.24. The highest BCUT2D eigenvalue weighted by molar-refractivity contribution is 9.10. The summed E-state index contributed by atoms with van der Waals surface area (Å²) >= 11 is 3.47. The minimum atomic E-state index is 0.595. The minimum Gasteiger partial charge on any atom is -0.477 e. The molecule has 0 bridgehead atoms. The topological polar surface area (TPSA) is 34.2 Å². The van der Waals surface area contributed by atoms with Crippen molar-refractivity contribution in [1.82, 2.24) is 10.3 Å². The lowest BCUT2D eigenvalue weighted by atomic mass is 9.85. The van der Waals surface area contributed by atoms with Crippen LogP contribution < -0.4 is 10.1 Å². The molecule has 1 N–H and O–H groups in total. The number of hydrogen-bond acceptors (Lipinski definition) is 3. The van der Waals surface area contributed by atoms with Gasteiger partial charge < -0.3 is 10.1 Å². The molecular weight excluding hydrogens is 316 g/mol. The zero-order valence-electron chi connectivity index (χ0n) is 12.2. The van der Waals surface area contributed by atoms with E-state index in [0.29, 0.717) is 11.8 Å². The smallest absolute Gasteiger partial charge is 0.217 e. The standard InChI is InChI=1S/C16H23BrN2O/c1-3-18-9-14-8-15(17)10-19-16(14)20-11-13-7-5-4-6-12(13)2/h4-5,8,10,12-13,18H,3,6-7,9,11H2,1-2H3. The summed E-state index contributed by atoms with van der Waals surface area (Å²) in [6, 6.07) is 2.08. The number of aromatic nitrogens is 1. The lowest BCUT2D eigenvalue weighted by molar-refractivity contribution is 0.191. The van der Waals surface area contributed by atoms with Crippen LogP contribution in [-0.4, -0.2) is 18.1 Å². The normalized spacial score (nSPS) is 21.9. The highest BCUT2D eigenvalue weighted by Gasteiger charge is 2.19. The van der Waals surface area contributed by atoms with E-state index in [-0.39, 0.29) is 0 Å². The van der Waals surface area contributed by atoms with Gasteiger partial charge in [-0.05, 0) is 53.2 Å². The molecule has 0 radical (unpaired) electrons. The van der Waals surface area contributed by atoms with Crippen molar-refractivity contribution in [1.29, 1.82) is 0 Å². The van der Waals surface area contributed by atoms with Crippen LogP contribution in [0.3, 0.4) is 0 Å². The van der Waals surface area contributed by atoms with Gasteiger partial charge in [0.05, 0.1) is 6.61 Å².